The Balaban J connectivity index is 3.28. The Bertz CT molecular complexity index is 132. The largest absolute Gasteiger partial charge is 0.481 e. The van der Waals surface area contributed by atoms with E-state index in [2.05, 4.69) is 0 Å². The van der Waals surface area contributed by atoms with Gasteiger partial charge in [-0.1, -0.05) is 0 Å². The zero-order chi connectivity index (χ0) is 8.69. The molecular weight excluding hydrogens is 148 g/mol. The number of aldehydes is 1. The van der Waals surface area contributed by atoms with Gasteiger partial charge in [-0.15, -0.1) is 0 Å². The van der Waals surface area contributed by atoms with Gasteiger partial charge in [-0.3, -0.25) is 4.79 Å². The fraction of sp³-hybridized carbons (Fsp3) is 0.714. The predicted molar refractivity (Wildman–Crippen MR) is 38.2 cm³/mol. The van der Waals surface area contributed by atoms with E-state index < -0.39 is 12.1 Å². The van der Waals surface area contributed by atoms with E-state index in [4.69, 9.17) is 10.2 Å². The molecule has 64 valence electrons. The van der Waals surface area contributed by atoms with E-state index in [1.54, 1.807) is 0 Å². The standard InChI is InChI=1S/C7H12O4/c8-5-1-2-6(9)3-4-7(10)11/h5-6,9H,1-4H2,(H,10,11). The molecule has 0 spiro atoms. The second-order valence-electron chi connectivity index (χ2n) is 2.33. The lowest BCUT2D eigenvalue weighted by atomic mass is 10.1. The molecule has 0 radical (unpaired) electrons. The molecule has 0 aliphatic carbocycles. The van der Waals surface area contributed by atoms with Crippen LogP contribution in [-0.2, 0) is 9.59 Å². The van der Waals surface area contributed by atoms with Crippen molar-refractivity contribution in [2.75, 3.05) is 0 Å². The summed E-state index contributed by atoms with van der Waals surface area (Å²) in [5, 5.41) is 17.2. The summed E-state index contributed by atoms with van der Waals surface area (Å²) in [5.41, 5.74) is 0. The Morgan fingerprint density at radius 2 is 2.09 bits per heavy atom. The highest BCUT2D eigenvalue weighted by atomic mass is 16.4. The summed E-state index contributed by atoms with van der Waals surface area (Å²) in [7, 11) is 0. The van der Waals surface area contributed by atoms with Crippen molar-refractivity contribution in [3.63, 3.8) is 0 Å². The van der Waals surface area contributed by atoms with E-state index in [9.17, 15) is 9.59 Å². The molecule has 4 nitrogen and oxygen atoms in total. The van der Waals surface area contributed by atoms with Crippen LogP contribution in [0.3, 0.4) is 0 Å². The van der Waals surface area contributed by atoms with E-state index in [0.29, 0.717) is 19.1 Å². The van der Waals surface area contributed by atoms with Crippen LogP contribution in [0.2, 0.25) is 0 Å². The lowest BCUT2D eigenvalue weighted by Gasteiger charge is -2.04. The van der Waals surface area contributed by atoms with Crippen molar-refractivity contribution in [1.29, 1.82) is 0 Å². The summed E-state index contributed by atoms with van der Waals surface area (Å²) in [5.74, 6) is -0.921. The van der Waals surface area contributed by atoms with Crippen LogP contribution in [-0.4, -0.2) is 28.6 Å². The van der Waals surface area contributed by atoms with Crippen LogP contribution < -0.4 is 0 Å². The van der Waals surface area contributed by atoms with Gasteiger partial charge in [-0.2, -0.15) is 0 Å². The topological polar surface area (TPSA) is 74.6 Å². The summed E-state index contributed by atoms with van der Waals surface area (Å²) in [4.78, 5) is 19.8. The maximum atomic E-state index is 10.00. The quantitative estimate of drug-likeness (QED) is 0.544. The third-order valence-electron chi connectivity index (χ3n) is 1.31. The molecule has 1 unspecified atom stereocenters. The summed E-state index contributed by atoms with van der Waals surface area (Å²) in [6, 6.07) is 0. The van der Waals surface area contributed by atoms with Gasteiger partial charge < -0.3 is 15.0 Å². The second-order valence-corrected chi connectivity index (χ2v) is 2.33. The molecule has 0 aromatic rings. The fourth-order valence-electron chi connectivity index (χ4n) is 0.695. The van der Waals surface area contributed by atoms with Gasteiger partial charge in [0.15, 0.2) is 0 Å². The monoisotopic (exact) mass is 160 g/mol. The van der Waals surface area contributed by atoms with E-state index in [0.717, 1.165) is 0 Å². The number of carboxylic acid groups (broad SMARTS) is 1. The Morgan fingerprint density at radius 1 is 1.45 bits per heavy atom. The van der Waals surface area contributed by atoms with Crippen LogP contribution in [0, 0.1) is 0 Å². The number of hydrogen-bond donors (Lipinski definition) is 2. The molecule has 0 bridgehead atoms. The first-order valence-electron chi connectivity index (χ1n) is 3.50. The first-order chi connectivity index (χ1) is 5.16. The number of aliphatic hydroxyl groups excluding tert-OH is 1. The van der Waals surface area contributed by atoms with Gasteiger partial charge in [-0.25, -0.2) is 0 Å². The number of hydrogen-bond acceptors (Lipinski definition) is 3. The van der Waals surface area contributed by atoms with Crippen molar-refractivity contribution in [1.82, 2.24) is 0 Å². The third-order valence-corrected chi connectivity index (χ3v) is 1.31. The summed E-state index contributed by atoms with van der Waals surface area (Å²) in [6.45, 7) is 0. The fourth-order valence-corrected chi connectivity index (χ4v) is 0.695. The van der Waals surface area contributed by atoms with Crippen molar-refractivity contribution in [3.8, 4) is 0 Å². The molecule has 0 saturated heterocycles. The van der Waals surface area contributed by atoms with Gasteiger partial charge in [0.2, 0.25) is 0 Å². The molecule has 0 aliphatic rings. The molecule has 0 aromatic heterocycles. The molecule has 11 heavy (non-hydrogen) atoms. The number of carbonyl (C=O) groups is 2. The molecule has 0 aliphatic heterocycles. The van der Waals surface area contributed by atoms with Crippen LogP contribution in [0.5, 0.6) is 0 Å². The smallest absolute Gasteiger partial charge is 0.303 e. The Kier molecular flexibility index (Phi) is 5.37. The van der Waals surface area contributed by atoms with Crippen LogP contribution in [0.1, 0.15) is 25.7 Å². The van der Waals surface area contributed by atoms with Crippen molar-refractivity contribution < 1.29 is 19.8 Å². The average molecular weight is 160 g/mol. The molecular formula is C7H12O4. The Hall–Kier alpha value is -0.900. The molecule has 0 heterocycles. The molecule has 0 amide bonds. The zero-order valence-corrected chi connectivity index (χ0v) is 6.19. The number of carbonyl (C=O) groups excluding carboxylic acids is 1. The van der Waals surface area contributed by atoms with E-state index >= 15 is 0 Å². The summed E-state index contributed by atoms with van der Waals surface area (Å²) >= 11 is 0. The third kappa shape index (κ3) is 6.99. The van der Waals surface area contributed by atoms with E-state index in [1.807, 2.05) is 0 Å². The van der Waals surface area contributed by atoms with Crippen LogP contribution in [0.15, 0.2) is 0 Å². The lowest BCUT2D eigenvalue weighted by Crippen LogP contribution is -2.09. The van der Waals surface area contributed by atoms with E-state index in [1.165, 1.54) is 0 Å². The molecule has 0 aromatic carbocycles. The van der Waals surface area contributed by atoms with Crippen LogP contribution >= 0.6 is 0 Å². The maximum absolute atomic E-state index is 10.00. The first-order valence-corrected chi connectivity index (χ1v) is 3.50. The highest BCUT2D eigenvalue weighted by Crippen LogP contribution is 2.02. The average Bonchev–Trinajstić information content (AvgIpc) is 1.97. The predicted octanol–water partition coefficient (Wildman–Crippen LogP) is 0.191. The van der Waals surface area contributed by atoms with Crippen molar-refractivity contribution in [3.05, 3.63) is 0 Å². The van der Waals surface area contributed by atoms with Gasteiger partial charge in [0, 0.05) is 12.8 Å². The van der Waals surface area contributed by atoms with Gasteiger partial charge in [0.25, 0.3) is 0 Å². The SMILES string of the molecule is O=CCCC(O)CCC(=O)O. The number of aliphatic carboxylic acids is 1. The number of carboxylic acids is 1. The Labute approximate surface area is 64.8 Å². The summed E-state index contributed by atoms with van der Waals surface area (Å²) in [6.07, 6.45) is 0.890. The highest BCUT2D eigenvalue weighted by Gasteiger charge is 2.05. The van der Waals surface area contributed by atoms with E-state index in [-0.39, 0.29) is 12.8 Å². The van der Waals surface area contributed by atoms with Crippen molar-refractivity contribution in [2.24, 2.45) is 0 Å². The Morgan fingerprint density at radius 3 is 2.55 bits per heavy atom. The normalized spacial score (nSPS) is 12.5. The zero-order valence-electron chi connectivity index (χ0n) is 6.19. The molecule has 0 fully saturated rings. The second kappa shape index (κ2) is 5.85. The number of aliphatic hydroxyl groups is 1. The molecule has 4 heteroatoms. The highest BCUT2D eigenvalue weighted by molar-refractivity contribution is 5.66. The van der Waals surface area contributed by atoms with Gasteiger partial charge in [0.05, 0.1) is 6.10 Å². The minimum Gasteiger partial charge on any atom is -0.481 e. The molecule has 2 N–H and O–H groups in total. The molecule has 0 saturated carbocycles. The molecule has 0 rings (SSSR count). The summed E-state index contributed by atoms with van der Waals surface area (Å²) < 4.78 is 0. The minimum atomic E-state index is -0.921. The minimum absolute atomic E-state index is 0.0416. The van der Waals surface area contributed by atoms with Crippen LogP contribution in [0.25, 0.3) is 0 Å². The lowest BCUT2D eigenvalue weighted by molar-refractivity contribution is -0.137. The molecule has 1 atom stereocenters. The first kappa shape index (κ1) is 10.1. The van der Waals surface area contributed by atoms with Gasteiger partial charge >= 0.3 is 5.97 Å². The van der Waals surface area contributed by atoms with Crippen LogP contribution in [0.4, 0.5) is 0 Å². The van der Waals surface area contributed by atoms with Crippen molar-refractivity contribution >= 4 is 12.3 Å². The van der Waals surface area contributed by atoms with Gasteiger partial charge in [0.1, 0.15) is 6.29 Å². The van der Waals surface area contributed by atoms with Crippen molar-refractivity contribution in [2.45, 2.75) is 31.8 Å². The maximum Gasteiger partial charge on any atom is 0.303 e. The van der Waals surface area contributed by atoms with Gasteiger partial charge in [-0.05, 0) is 12.8 Å². The number of rotatable bonds is 6.